The monoisotopic (exact) mass is 226 g/mol. The lowest BCUT2D eigenvalue weighted by Gasteiger charge is -2.07. The molecule has 1 aromatic carbocycles. The molecule has 0 spiro atoms. The summed E-state index contributed by atoms with van der Waals surface area (Å²) in [7, 11) is 2.04. The number of rotatable bonds is 3. The van der Waals surface area contributed by atoms with Crippen LogP contribution in [-0.4, -0.2) is 14.2 Å². The first kappa shape index (κ1) is 9.96. The Bertz CT molecular complexity index is 622. The molecule has 0 radical (unpaired) electrons. The van der Waals surface area contributed by atoms with Crippen molar-refractivity contribution in [3.05, 3.63) is 54.6 Å². The lowest BCUT2D eigenvalue weighted by Crippen LogP contribution is -2.14. The zero-order valence-electron chi connectivity index (χ0n) is 9.67. The van der Waals surface area contributed by atoms with Gasteiger partial charge in [0.15, 0.2) is 0 Å². The summed E-state index contributed by atoms with van der Waals surface area (Å²) in [6.45, 7) is 0.708. The molecular formula is C13H14N4. The predicted octanol–water partition coefficient (Wildman–Crippen LogP) is 2.12. The standard InChI is InChI=1S/C13H14N4/c1-16-12-7-3-2-6-11(12)15-13(16)10-14-17-8-4-5-9-17/h2-9,14H,10H2,1H3. The van der Waals surface area contributed by atoms with Crippen LogP contribution in [0.4, 0.5) is 0 Å². The van der Waals surface area contributed by atoms with Crippen molar-refractivity contribution < 1.29 is 0 Å². The molecule has 86 valence electrons. The van der Waals surface area contributed by atoms with Gasteiger partial charge in [-0.2, -0.15) is 0 Å². The van der Waals surface area contributed by atoms with E-state index in [4.69, 9.17) is 0 Å². The molecule has 4 heteroatoms. The molecule has 4 nitrogen and oxygen atoms in total. The molecule has 0 amide bonds. The Morgan fingerprint density at radius 2 is 1.88 bits per heavy atom. The zero-order valence-corrected chi connectivity index (χ0v) is 9.67. The lowest BCUT2D eigenvalue weighted by molar-refractivity contribution is 0.762. The number of fused-ring (bicyclic) bond motifs is 1. The third-order valence-electron chi connectivity index (χ3n) is 2.90. The molecule has 0 aliphatic heterocycles. The molecule has 1 N–H and O–H groups in total. The molecule has 3 rings (SSSR count). The third-order valence-corrected chi connectivity index (χ3v) is 2.90. The van der Waals surface area contributed by atoms with Crippen molar-refractivity contribution in [2.45, 2.75) is 6.54 Å². The first-order valence-corrected chi connectivity index (χ1v) is 5.62. The summed E-state index contributed by atoms with van der Waals surface area (Å²) in [6.07, 6.45) is 3.95. The highest BCUT2D eigenvalue weighted by molar-refractivity contribution is 5.75. The van der Waals surface area contributed by atoms with Gasteiger partial charge in [-0.25, -0.2) is 4.98 Å². The normalized spacial score (nSPS) is 10.9. The van der Waals surface area contributed by atoms with Crippen LogP contribution in [0.2, 0.25) is 0 Å². The number of aromatic nitrogens is 3. The van der Waals surface area contributed by atoms with Crippen molar-refractivity contribution in [1.82, 2.24) is 14.2 Å². The van der Waals surface area contributed by atoms with Crippen molar-refractivity contribution in [2.75, 3.05) is 5.43 Å². The molecule has 0 fully saturated rings. The van der Waals surface area contributed by atoms with Gasteiger partial charge in [0.05, 0.1) is 17.6 Å². The molecule has 0 aliphatic rings. The summed E-state index contributed by atoms with van der Waals surface area (Å²) in [5.74, 6) is 1.03. The van der Waals surface area contributed by atoms with Crippen molar-refractivity contribution in [1.29, 1.82) is 0 Å². The minimum atomic E-state index is 0.708. The molecular weight excluding hydrogens is 212 g/mol. The minimum absolute atomic E-state index is 0.708. The molecule has 0 aliphatic carbocycles. The van der Waals surface area contributed by atoms with Crippen LogP contribution >= 0.6 is 0 Å². The second-order valence-electron chi connectivity index (χ2n) is 4.00. The number of hydrogen-bond acceptors (Lipinski definition) is 2. The highest BCUT2D eigenvalue weighted by Crippen LogP contribution is 2.13. The van der Waals surface area contributed by atoms with Gasteiger partial charge < -0.3 is 9.99 Å². The summed E-state index contributed by atoms with van der Waals surface area (Å²) >= 11 is 0. The van der Waals surface area contributed by atoms with Crippen molar-refractivity contribution in [3.63, 3.8) is 0 Å². The van der Waals surface area contributed by atoms with Crippen LogP contribution in [0, 0.1) is 0 Å². The van der Waals surface area contributed by atoms with Crippen LogP contribution in [0.25, 0.3) is 11.0 Å². The van der Waals surface area contributed by atoms with Gasteiger partial charge in [-0.3, -0.25) is 4.68 Å². The number of nitrogens with zero attached hydrogens (tertiary/aromatic N) is 3. The Kier molecular flexibility index (Phi) is 2.33. The SMILES string of the molecule is Cn1c(CNn2cccc2)nc2ccccc21. The van der Waals surface area contributed by atoms with E-state index in [-0.39, 0.29) is 0 Å². The van der Waals surface area contributed by atoms with E-state index in [1.807, 2.05) is 54.4 Å². The Morgan fingerprint density at radius 1 is 1.12 bits per heavy atom. The second kappa shape index (κ2) is 3.97. The maximum atomic E-state index is 4.60. The molecule has 0 saturated heterocycles. The Labute approximate surface area is 99.5 Å². The quantitative estimate of drug-likeness (QED) is 0.742. The van der Waals surface area contributed by atoms with Crippen LogP contribution in [0.1, 0.15) is 5.82 Å². The second-order valence-corrected chi connectivity index (χ2v) is 4.00. The fourth-order valence-corrected chi connectivity index (χ4v) is 1.96. The zero-order chi connectivity index (χ0) is 11.7. The Morgan fingerprint density at radius 3 is 2.65 bits per heavy atom. The highest BCUT2D eigenvalue weighted by Gasteiger charge is 2.05. The van der Waals surface area contributed by atoms with Gasteiger partial charge in [0, 0.05) is 19.4 Å². The van der Waals surface area contributed by atoms with Gasteiger partial charge in [0.25, 0.3) is 0 Å². The molecule has 2 heterocycles. The van der Waals surface area contributed by atoms with Crippen LogP contribution in [0.15, 0.2) is 48.8 Å². The van der Waals surface area contributed by atoms with E-state index in [1.54, 1.807) is 0 Å². The van der Waals surface area contributed by atoms with Crippen LogP contribution in [0.5, 0.6) is 0 Å². The summed E-state index contributed by atoms with van der Waals surface area (Å²) in [6, 6.07) is 12.1. The van der Waals surface area contributed by atoms with E-state index >= 15 is 0 Å². The first-order valence-electron chi connectivity index (χ1n) is 5.62. The Balaban J connectivity index is 1.88. The van der Waals surface area contributed by atoms with E-state index in [0.717, 1.165) is 16.9 Å². The number of aryl methyl sites for hydroxylation is 1. The molecule has 17 heavy (non-hydrogen) atoms. The van der Waals surface area contributed by atoms with Gasteiger partial charge >= 0.3 is 0 Å². The average Bonchev–Trinajstić information content (AvgIpc) is 2.96. The van der Waals surface area contributed by atoms with Crippen LogP contribution in [-0.2, 0) is 13.6 Å². The minimum Gasteiger partial charge on any atom is -0.330 e. The van der Waals surface area contributed by atoms with Gasteiger partial charge in [0.2, 0.25) is 0 Å². The van der Waals surface area contributed by atoms with E-state index < -0.39 is 0 Å². The van der Waals surface area contributed by atoms with E-state index in [1.165, 1.54) is 0 Å². The number of imidazole rings is 1. The van der Waals surface area contributed by atoms with Crippen LogP contribution in [0.3, 0.4) is 0 Å². The molecule has 0 unspecified atom stereocenters. The summed E-state index contributed by atoms with van der Waals surface area (Å²) in [5.41, 5.74) is 5.48. The van der Waals surface area contributed by atoms with Crippen molar-refractivity contribution in [2.24, 2.45) is 7.05 Å². The maximum absolute atomic E-state index is 4.60. The van der Waals surface area contributed by atoms with Gasteiger partial charge in [-0.05, 0) is 24.3 Å². The number of nitrogens with one attached hydrogen (secondary N) is 1. The summed E-state index contributed by atoms with van der Waals surface area (Å²) in [5, 5.41) is 0. The van der Waals surface area contributed by atoms with Crippen LogP contribution < -0.4 is 5.43 Å². The topological polar surface area (TPSA) is 34.8 Å². The van der Waals surface area contributed by atoms with Gasteiger partial charge in [0.1, 0.15) is 5.82 Å². The van der Waals surface area contributed by atoms with Gasteiger partial charge in [-0.15, -0.1) is 0 Å². The van der Waals surface area contributed by atoms with E-state index in [2.05, 4.69) is 21.0 Å². The largest absolute Gasteiger partial charge is 0.330 e. The van der Waals surface area contributed by atoms with E-state index in [9.17, 15) is 0 Å². The van der Waals surface area contributed by atoms with Crippen molar-refractivity contribution in [3.8, 4) is 0 Å². The molecule has 2 aromatic heterocycles. The fourth-order valence-electron chi connectivity index (χ4n) is 1.96. The molecule has 0 bridgehead atoms. The average molecular weight is 226 g/mol. The van der Waals surface area contributed by atoms with Crippen molar-refractivity contribution >= 4 is 11.0 Å². The summed E-state index contributed by atoms with van der Waals surface area (Å²) < 4.78 is 4.05. The summed E-state index contributed by atoms with van der Waals surface area (Å²) in [4.78, 5) is 4.60. The van der Waals surface area contributed by atoms with Gasteiger partial charge in [-0.1, -0.05) is 12.1 Å². The van der Waals surface area contributed by atoms with E-state index in [0.29, 0.717) is 6.54 Å². The smallest absolute Gasteiger partial charge is 0.130 e. The number of hydrogen-bond donors (Lipinski definition) is 1. The maximum Gasteiger partial charge on any atom is 0.130 e. The number of benzene rings is 1. The fraction of sp³-hybridized carbons (Fsp3) is 0.154. The lowest BCUT2D eigenvalue weighted by atomic mass is 10.3. The highest BCUT2D eigenvalue weighted by atomic mass is 15.4. The third kappa shape index (κ3) is 1.78. The molecule has 0 saturated carbocycles. The number of para-hydroxylation sites is 2. The molecule has 3 aromatic rings. The first-order chi connectivity index (χ1) is 8.34. The molecule has 0 atom stereocenters. The Hall–Kier alpha value is -2.23. The predicted molar refractivity (Wildman–Crippen MR) is 68.2 cm³/mol.